The SMILES string of the molecule is O=C(Cn1cnc2ccccc2c1=O)N1CCCN(CC(F)(F)F)CC1. The zero-order valence-corrected chi connectivity index (χ0v) is 14.1. The maximum absolute atomic E-state index is 12.5. The molecule has 1 aromatic carbocycles. The number of nitrogens with zero attached hydrogens (tertiary/aromatic N) is 4. The van der Waals surface area contributed by atoms with E-state index in [9.17, 15) is 22.8 Å². The summed E-state index contributed by atoms with van der Waals surface area (Å²) in [5, 5.41) is 0.426. The topological polar surface area (TPSA) is 58.4 Å². The minimum Gasteiger partial charge on any atom is -0.340 e. The molecule has 0 radical (unpaired) electrons. The molecule has 0 atom stereocenters. The molecule has 1 amide bonds. The number of benzene rings is 1. The predicted octanol–water partition coefficient (Wildman–Crippen LogP) is 1.49. The van der Waals surface area contributed by atoms with Crippen LogP contribution in [0.15, 0.2) is 35.4 Å². The Morgan fingerprint density at radius 2 is 1.88 bits per heavy atom. The van der Waals surface area contributed by atoms with Gasteiger partial charge in [0.05, 0.1) is 23.8 Å². The number of alkyl halides is 3. The van der Waals surface area contributed by atoms with Crippen molar-refractivity contribution < 1.29 is 18.0 Å². The molecule has 3 rings (SSSR count). The second kappa shape index (κ2) is 7.45. The van der Waals surface area contributed by atoms with Crippen molar-refractivity contribution in [1.29, 1.82) is 0 Å². The van der Waals surface area contributed by atoms with Crippen LogP contribution in [-0.2, 0) is 11.3 Å². The zero-order valence-electron chi connectivity index (χ0n) is 14.1. The number of hydrogen-bond acceptors (Lipinski definition) is 4. The molecule has 2 heterocycles. The summed E-state index contributed by atoms with van der Waals surface area (Å²) in [5.41, 5.74) is 0.247. The van der Waals surface area contributed by atoms with E-state index < -0.39 is 12.7 Å². The van der Waals surface area contributed by atoms with E-state index >= 15 is 0 Å². The molecule has 0 aliphatic carbocycles. The molecule has 0 unspecified atom stereocenters. The first-order valence-electron chi connectivity index (χ1n) is 8.34. The summed E-state index contributed by atoms with van der Waals surface area (Å²) in [6.07, 6.45) is -2.45. The second-order valence-corrected chi connectivity index (χ2v) is 6.32. The molecular weight excluding hydrogens is 349 g/mol. The molecule has 1 fully saturated rings. The lowest BCUT2D eigenvalue weighted by Gasteiger charge is -2.23. The summed E-state index contributed by atoms with van der Waals surface area (Å²) < 4.78 is 38.8. The van der Waals surface area contributed by atoms with Crippen molar-refractivity contribution in [3.05, 3.63) is 40.9 Å². The van der Waals surface area contributed by atoms with Crippen LogP contribution in [0.1, 0.15) is 6.42 Å². The Morgan fingerprint density at radius 1 is 1.12 bits per heavy atom. The van der Waals surface area contributed by atoms with Crippen molar-refractivity contribution >= 4 is 16.8 Å². The van der Waals surface area contributed by atoms with Gasteiger partial charge < -0.3 is 4.90 Å². The average molecular weight is 368 g/mol. The van der Waals surface area contributed by atoms with Crippen molar-refractivity contribution in [3.63, 3.8) is 0 Å². The Hall–Kier alpha value is -2.42. The number of carbonyl (C=O) groups is 1. The van der Waals surface area contributed by atoms with Crippen LogP contribution in [0.2, 0.25) is 0 Å². The number of aromatic nitrogens is 2. The van der Waals surface area contributed by atoms with Gasteiger partial charge in [0.25, 0.3) is 5.56 Å². The number of fused-ring (bicyclic) bond motifs is 1. The van der Waals surface area contributed by atoms with Gasteiger partial charge in [0, 0.05) is 26.2 Å². The van der Waals surface area contributed by atoms with Crippen LogP contribution >= 0.6 is 0 Å². The Bertz CT molecular complexity index is 850. The smallest absolute Gasteiger partial charge is 0.340 e. The molecule has 1 aliphatic rings. The van der Waals surface area contributed by atoms with E-state index in [1.165, 1.54) is 20.7 Å². The molecule has 6 nitrogen and oxygen atoms in total. The fourth-order valence-corrected chi connectivity index (χ4v) is 3.10. The minimum atomic E-state index is -4.25. The minimum absolute atomic E-state index is 0.163. The lowest BCUT2D eigenvalue weighted by Crippen LogP contribution is -2.40. The van der Waals surface area contributed by atoms with Crippen LogP contribution in [0.5, 0.6) is 0 Å². The highest BCUT2D eigenvalue weighted by Gasteiger charge is 2.31. The Balaban J connectivity index is 1.67. The van der Waals surface area contributed by atoms with Gasteiger partial charge in [-0.2, -0.15) is 13.2 Å². The van der Waals surface area contributed by atoms with Crippen molar-refractivity contribution in [2.75, 3.05) is 32.7 Å². The maximum Gasteiger partial charge on any atom is 0.401 e. The van der Waals surface area contributed by atoms with Crippen LogP contribution in [0.25, 0.3) is 10.9 Å². The van der Waals surface area contributed by atoms with Gasteiger partial charge in [-0.15, -0.1) is 0 Å². The van der Waals surface area contributed by atoms with Crippen molar-refractivity contribution in [3.8, 4) is 0 Å². The Kier molecular flexibility index (Phi) is 5.26. The highest BCUT2D eigenvalue weighted by atomic mass is 19.4. The van der Waals surface area contributed by atoms with E-state index in [0.717, 1.165) is 0 Å². The summed E-state index contributed by atoms with van der Waals surface area (Å²) in [6.45, 7) is -0.0937. The summed E-state index contributed by atoms with van der Waals surface area (Å²) in [5.74, 6) is -0.293. The molecule has 0 N–H and O–H groups in total. The number of rotatable bonds is 3. The quantitative estimate of drug-likeness (QED) is 0.824. The largest absolute Gasteiger partial charge is 0.401 e. The first kappa shape index (κ1) is 18.4. The Morgan fingerprint density at radius 3 is 2.65 bits per heavy atom. The zero-order chi connectivity index (χ0) is 18.7. The molecule has 0 bridgehead atoms. The van der Waals surface area contributed by atoms with Gasteiger partial charge in [-0.3, -0.25) is 19.1 Å². The van der Waals surface area contributed by atoms with Gasteiger partial charge in [-0.25, -0.2) is 4.98 Å². The van der Waals surface area contributed by atoms with Gasteiger partial charge in [-0.1, -0.05) is 12.1 Å². The highest BCUT2D eigenvalue weighted by molar-refractivity contribution is 5.79. The van der Waals surface area contributed by atoms with Gasteiger partial charge in [0.2, 0.25) is 5.91 Å². The third-order valence-corrected chi connectivity index (χ3v) is 4.38. The second-order valence-electron chi connectivity index (χ2n) is 6.32. The summed E-state index contributed by atoms with van der Waals surface area (Å²) in [6, 6.07) is 6.86. The fourth-order valence-electron chi connectivity index (χ4n) is 3.10. The summed E-state index contributed by atoms with van der Waals surface area (Å²) in [4.78, 5) is 31.9. The molecule has 2 aromatic rings. The molecule has 1 saturated heterocycles. The van der Waals surface area contributed by atoms with Crippen LogP contribution < -0.4 is 5.56 Å². The monoisotopic (exact) mass is 368 g/mol. The van der Waals surface area contributed by atoms with E-state index in [2.05, 4.69) is 4.98 Å². The lowest BCUT2D eigenvalue weighted by molar-refractivity contribution is -0.145. The van der Waals surface area contributed by atoms with Gasteiger partial charge >= 0.3 is 6.18 Å². The summed E-state index contributed by atoms with van der Waals surface area (Å²) in [7, 11) is 0. The van der Waals surface area contributed by atoms with Crippen LogP contribution in [0.4, 0.5) is 13.2 Å². The van der Waals surface area contributed by atoms with E-state index in [0.29, 0.717) is 30.4 Å². The third kappa shape index (κ3) is 4.40. The molecule has 26 heavy (non-hydrogen) atoms. The first-order chi connectivity index (χ1) is 12.3. The van der Waals surface area contributed by atoms with E-state index in [1.807, 2.05) is 0 Å². The third-order valence-electron chi connectivity index (χ3n) is 4.38. The molecule has 0 saturated carbocycles. The maximum atomic E-state index is 12.5. The van der Waals surface area contributed by atoms with Crippen LogP contribution in [0.3, 0.4) is 0 Å². The van der Waals surface area contributed by atoms with Crippen molar-refractivity contribution in [2.45, 2.75) is 19.1 Å². The highest BCUT2D eigenvalue weighted by Crippen LogP contribution is 2.17. The number of hydrogen-bond donors (Lipinski definition) is 0. The molecule has 0 spiro atoms. The molecule has 140 valence electrons. The summed E-state index contributed by atoms with van der Waals surface area (Å²) >= 11 is 0. The van der Waals surface area contributed by atoms with Crippen LogP contribution in [-0.4, -0.2) is 64.2 Å². The lowest BCUT2D eigenvalue weighted by atomic mass is 10.2. The number of carbonyl (C=O) groups excluding carboxylic acids is 1. The normalized spacial score (nSPS) is 16.7. The molecule has 1 aliphatic heterocycles. The van der Waals surface area contributed by atoms with Gasteiger partial charge in [0.15, 0.2) is 0 Å². The Labute approximate surface area is 147 Å². The van der Waals surface area contributed by atoms with Gasteiger partial charge in [0.1, 0.15) is 6.54 Å². The number of halogens is 3. The molecule has 9 heteroatoms. The number of para-hydroxylation sites is 1. The number of amides is 1. The van der Waals surface area contributed by atoms with Gasteiger partial charge in [-0.05, 0) is 18.6 Å². The molecular formula is C17H19F3N4O2. The van der Waals surface area contributed by atoms with E-state index in [4.69, 9.17) is 0 Å². The van der Waals surface area contributed by atoms with Crippen molar-refractivity contribution in [1.82, 2.24) is 19.4 Å². The van der Waals surface area contributed by atoms with E-state index in [-0.39, 0.29) is 31.1 Å². The van der Waals surface area contributed by atoms with Crippen LogP contribution in [0, 0.1) is 0 Å². The predicted molar refractivity (Wildman–Crippen MR) is 89.7 cm³/mol. The fraction of sp³-hybridized carbons (Fsp3) is 0.471. The molecule has 1 aromatic heterocycles. The average Bonchev–Trinajstić information content (AvgIpc) is 2.81. The first-order valence-corrected chi connectivity index (χ1v) is 8.34. The van der Waals surface area contributed by atoms with E-state index in [1.54, 1.807) is 24.3 Å². The standard InChI is InChI=1S/C17H19F3N4O2/c18-17(19,20)11-22-6-3-7-23(9-8-22)15(25)10-24-12-21-14-5-2-1-4-13(14)16(24)26/h1-2,4-5,12H,3,6-11H2. The van der Waals surface area contributed by atoms with Crippen molar-refractivity contribution in [2.24, 2.45) is 0 Å².